The molecule has 0 radical (unpaired) electrons. The number of hydrogen-bond donors (Lipinski definition) is 1. The van der Waals surface area contributed by atoms with Gasteiger partial charge in [0, 0.05) is 22.0 Å². The van der Waals surface area contributed by atoms with Crippen molar-refractivity contribution in [3.05, 3.63) is 76.8 Å². The van der Waals surface area contributed by atoms with Gasteiger partial charge >= 0.3 is 0 Å². The third-order valence-electron chi connectivity index (χ3n) is 4.84. The van der Waals surface area contributed by atoms with Gasteiger partial charge < -0.3 is 14.8 Å². The Kier molecular flexibility index (Phi) is 6.14. The van der Waals surface area contributed by atoms with E-state index in [1.165, 1.54) is 0 Å². The Bertz CT molecular complexity index is 1170. The highest BCUT2D eigenvalue weighted by Gasteiger charge is 2.10. The van der Waals surface area contributed by atoms with Crippen molar-refractivity contribution in [2.24, 2.45) is 0 Å². The number of ether oxygens (including phenoxy) is 2. The molecule has 30 heavy (non-hydrogen) atoms. The van der Waals surface area contributed by atoms with Crippen LogP contribution in [0.3, 0.4) is 0 Å². The van der Waals surface area contributed by atoms with Crippen molar-refractivity contribution in [1.29, 1.82) is 0 Å². The highest BCUT2D eigenvalue weighted by Crippen LogP contribution is 2.29. The fraction of sp³-hybridized carbons (Fsp3) is 0.167. The van der Waals surface area contributed by atoms with Gasteiger partial charge in [-0.15, -0.1) is 0 Å². The lowest BCUT2D eigenvalue weighted by atomic mass is 10.1. The van der Waals surface area contributed by atoms with Gasteiger partial charge in [-0.2, -0.15) is 0 Å². The monoisotopic (exact) mass is 463 g/mol. The van der Waals surface area contributed by atoms with Crippen molar-refractivity contribution in [2.75, 3.05) is 26.1 Å². The lowest BCUT2D eigenvalue weighted by Crippen LogP contribution is -2.08. The molecule has 0 amide bonds. The van der Waals surface area contributed by atoms with E-state index >= 15 is 0 Å². The van der Waals surface area contributed by atoms with E-state index in [0.717, 1.165) is 56.8 Å². The molecule has 0 bridgehead atoms. The number of methoxy groups -OCH3 is 2. The van der Waals surface area contributed by atoms with E-state index in [1.54, 1.807) is 14.2 Å². The maximum Gasteiger partial charge on any atom is 0.162 e. The van der Waals surface area contributed by atoms with Crippen molar-refractivity contribution in [3.63, 3.8) is 0 Å². The van der Waals surface area contributed by atoms with E-state index in [1.807, 2.05) is 66.7 Å². The Labute approximate surface area is 184 Å². The zero-order valence-electron chi connectivity index (χ0n) is 16.9. The molecule has 0 aliphatic rings. The molecule has 1 aromatic heterocycles. The van der Waals surface area contributed by atoms with Crippen molar-refractivity contribution >= 4 is 32.7 Å². The first kappa shape index (κ1) is 20.2. The van der Waals surface area contributed by atoms with Crippen LogP contribution in [0.5, 0.6) is 11.5 Å². The molecule has 0 saturated carbocycles. The smallest absolute Gasteiger partial charge is 0.162 e. The summed E-state index contributed by atoms with van der Waals surface area (Å²) in [5.74, 6) is 2.99. The number of hydrogen-bond acceptors (Lipinski definition) is 5. The minimum Gasteiger partial charge on any atom is -0.493 e. The average Bonchev–Trinajstić information content (AvgIpc) is 2.79. The maximum absolute atomic E-state index is 5.41. The summed E-state index contributed by atoms with van der Waals surface area (Å²) in [4.78, 5) is 9.57. The number of nitrogens with one attached hydrogen (secondary N) is 1. The Balaban J connectivity index is 1.61. The Hall–Kier alpha value is -3.12. The van der Waals surface area contributed by atoms with Crippen LogP contribution in [0.2, 0.25) is 0 Å². The summed E-state index contributed by atoms with van der Waals surface area (Å²) < 4.78 is 11.7. The normalized spacial score (nSPS) is 10.8. The summed E-state index contributed by atoms with van der Waals surface area (Å²) in [6.07, 6.45) is 0.820. The van der Waals surface area contributed by atoms with Gasteiger partial charge in [-0.25, -0.2) is 9.97 Å². The van der Waals surface area contributed by atoms with E-state index in [2.05, 4.69) is 21.2 Å². The van der Waals surface area contributed by atoms with E-state index in [-0.39, 0.29) is 0 Å². The summed E-state index contributed by atoms with van der Waals surface area (Å²) >= 11 is 3.56. The molecule has 6 heteroatoms. The SMILES string of the molecule is COc1ccc(CCNc2nc(-c3ccccc3)nc3ccc(Br)cc23)cc1OC. The molecule has 1 N–H and O–H groups in total. The van der Waals surface area contributed by atoms with Crippen LogP contribution >= 0.6 is 15.9 Å². The molecular formula is C24H22BrN3O2. The number of aromatic nitrogens is 2. The van der Waals surface area contributed by atoms with Gasteiger partial charge in [-0.1, -0.05) is 52.3 Å². The standard InChI is InChI=1S/C24H22BrN3O2/c1-29-21-11-8-16(14-22(21)30-2)12-13-26-24-19-15-18(25)9-10-20(19)27-23(28-24)17-6-4-3-5-7-17/h3-11,14-15H,12-13H2,1-2H3,(H,26,27,28). The van der Waals surface area contributed by atoms with Crippen molar-refractivity contribution in [1.82, 2.24) is 9.97 Å². The molecule has 0 spiro atoms. The number of benzene rings is 3. The lowest BCUT2D eigenvalue weighted by molar-refractivity contribution is 0.354. The first-order chi connectivity index (χ1) is 14.7. The van der Waals surface area contributed by atoms with Gasteiger partial charge in [0.25, 0.3) is 0 Å². The molecule has 0 aliphatic carbocycles. The molecule has 0 unspecified atom stereocenters. The van der Waals surface area contributed by atoms with Gasteiger partial charge in [-0.3, -0.25) is 0 Å². The third kappa shape index (κ3) is 4.39. The van der Waals surface area contributed by atoms with Gasteiger partial charge in [0.1, 0.15) is 5.82 Å². The van der Waals surface area contributed by atoms with E-state index in [9.17, 15) is 0 Å². The summed E-state index contributed by atoms with van der Waals surface area (Å²) in [6, 6.07) is 22.1. The largest absolute Gasteiger partial charge is 0.493 e. The number of rotatable bonds is 7. The quantitative estimate of drug-likeness (QED) is 0.379. The van der Waals surface area contributed by atoms with Gasteiger partial charge in [0.05, 0.1) is 19.7 Å². The molecule has 4 rings (SSSR count). The van der Waals surface area contributed by atoms with Crippen LogP contribution in [-0.2, 0) is 6.42 Å². The highest BCUT2D eigenvalue weighted by atomic mass is 79.9. The first-order valence-corrected chi connectivity index (χ1v) is 10.4. The van der Waals surface area contributed by atoms with Crippen LogP contribution in [0.15, 0.2) is 71.2 Å². The average molecular weight is 464 g/mol. The highest BCUT2D eigenvalue weighted by molar-refractivity contribution is 9.10. The van der Waals surface area contributed by atoms with Crippen LogP contribution < -0.4 is 14.8 Å². The number of nitrogens with zero attached hydrogens (tertiary/aromatic N) is 2. The summed E-state index contributed by atoms with van der Waals surface area (Å²) in [7, 11) is 3.29. The topological polar surface area (TPSA) is 56.3 Å². The van der Waals surface area contributed by atoms with Crippen molar-refractivity contribution in [3.8, 4) is 22.9 Å². The summed E-state index contributed by atoms with van der Waals surface area (Å²) in [5.41, 5.74) is 3.05. The summed E-state index contributed by atoms with van der Waals surface area (Å²) in [6.45, 7) is 0.725. The molecule has 3 aromatic carbocycles. The predicted octanol–water partition coefficient (Wildman–Crippen LogP) is 5.73. The molecule has 0 atom stereocenters. The molecule has 0 aliphatic heterocycles. The number of fused-ring (bicyclic) bond motifs is 1. The number of halogens is 1. The molecule has 152 valence electrons. The van der Waals surface area contributed by atoms with E-state index in [4.69, 9.17) is 19.4 Å². The zero-order valence-corrected chi connectivity index (χ0v) is 18.4. The Morgan fingerprint density at radius 3 is 2.43 bits per heavy atom. The van der Waals surface area contributed by atoms with Crippen LogP contribution in [-0.4, -0.2) is 30.7 Å². The van der Waals surface area contributed by atoms with Crippen molar-refractivity contribution < 1.29 is 9.47 Å². The van der Waals surface area contributed by atoms with Gasteiger partial charge in [-0.05, 0) is 42.3 Å². The minimum absolute atomic E-state index is 0.707. The second-order valence-corrected chi connectivity index (χ2v) is 7.71. The number of anilines is 1. The van der Waals surface area contributed by atoms with Gasteiger partial charge in [0.2, 0.25) is 0 Å². The van der Waals surface area contributed by atoms with Crippen LogP contribution in [0, 0.1) is 0 Å². The van der Waals surface area contributed by atoms with Gasteiger partial charge in [0.15, 0.2) is 17.3 Å². The molecule has 4 aromatic rings. The molecule has 1 heterocycles. The lowest BCUT2D eigenvalue weighted by Gasteiger charge is -2.13. The Morgan fingerprint density at radius 2 is 1.67 bits per heavy atom. The molecular weight excluding hydrogens is 442 g/mol. The minimum atomic E-state index is 0.707. The van der Waals surface area contributed by atoms with Crippen molar-refractivity contribution in [2.45, 2.75) is 6.42 Å². The maximum atomic E-state index is 5.41. The Morgan fingerprint density at radius 1 is 0.867 bits per heavy atom. The predicted molar refractivity (Wildman–Crippen MR) is 124 cm³/mol. The van der Waals surface area contributed by atoms with Crippen LogP contribution in [0.25, 0.3) is 22.3 Å². The second kappa shape index (κ2) is 9.13. The van der Waals surface area contributed by atoms with Crippen LogP contribution in [0.1, 0.15) is 5.56 Å². The van der Waals surface area contributed by atoms with E-state index < -0.39 is 0 Å². The molecule has 0 fully saturated rings. The second-order valence-electron chi connectivity index (χ2n) is 6.79. The summed E-state index contributed by atoms with van der Waals surface area (Å²) in [5, 5.41) is 4.48. The first-order valence-electron chi connectivity index (χ1n) is 9.65. The van der Waals surface area contributed by atoms with Crippen LogP contribution in [0.4, 0.5) is 5.82 Å². The zero-order chi connectivity index (χ0) is 20.9. The fourth-order valence-corrected chi connectivity index (χ4v) is 3.67. The fourth-order valence-electron chi connectivity index (χ4n) is 3.31. The molecule has 5 nitrogen and oxygen atoms in total. The third-order valence-corrected chi connectivity index (χ3v) is 5.34. The van der Waals surface area contributed by atoms with E-state index in [0.29, 0.717) is 5.82 Å². The molecule has 0 saturated heterocycles.